The number of hydrogen-bond acceptors (Lipinski definition) is 7. The molecule has 1 amide bonds. The molecule has 0 aliphatic rings. The molecule has 124 valence electrons. The Morgan fingerprint density at radius 2 is 2.17 bits per heavy atom. The van der Waals surface area contributed by atoms with Gasteiger partial charge in [0.1, 0.15) is 5.76 Å². The average Bonchev–Trinajstić information content (AvgIpc) is 3.18. The molecule has 0 saturated heterocycles. The number of carbonyl (C=O) groups excluding carboxylic acids is 2. The molecule has 0 atom stereocenters. The molecule has 2 aromatic heterocycles. The van der Waals surface area contributed by atoms with E-state index in [1.165, 1.54) is 7.11 Å². The van der Waals surface area contributed by atoms with E-state index in [0.717, 1.165) is 0 Å². The number of anilines is 1. The van der Waals surface area contributed by atoms with Crippen molar-refractivity contribution in [1.29, 1.82) is 0 Å². The zero-order valence-electron chi connectivity index (χ0n) is 13.0. The quantitative estimate of drug-likeness (QED) is 0.683. The first-order valence-corrected chi connectivity index (χ1v) is 6.99. The van der Waals surface area contributed by atoms with Crippen LogP contribution in [0.25, 0.3) is 10.9 Å². The van der Waals surface area contributed by atoms with E-state index in [1.54, 1.807) is 31.2 Å². The van der Waals surface area contributed by atoms with E-state index in [-0.39, 0.29) is 24.1 Å². The number of aromatic nitrogens is 3. The Morgan fingerprint density at radius 3 is 2.88 bits per heavy atom. The number of benzene rings is 1. The maximum atomic E-state index is 11.9. The SMILES string of the molecule is COC(=O)c1n[nH]c2ccc(NC(=O)COc3cc(C)on3)cc12. The Labute approximate surface area is 135 Å². The van der Waals surface area contributed by atoms with Crippen LogP contribution in [-0.2, 0) is 9.53 Å². The number of ether oxygens (including phenoxy) is 2. The fourth-order valence-electron chi connectivity index (χ4n) is 2.09. The van der Waals surface area contributed by atoms with Crippen LogP contribution in [0, 0.1) is 6.92 Å². The van der Waals surface area contributed by atoms with E-state index in [9.17, 15) is 9.59 Å². The molecule has 3 rings (SSSR count). The Kier molecular flexibility index (Phi) is 4.15. The largest absolute Gasteiger partial charge is 0.465 e. The molecule has 24 heavy (non-hydrogen) atoms. The van der Waals surface area contributed by atoms with Crippen LogP contribution in [0.3, 0.4) is 0 Å². The Morgan fingerprint density at radius 1 is 1.33 bits per heavy atom. The number of H-pyrrole nitrogens is 1. The smallest absolute Gasteiger partial charge is 0.359 e. The highest BCUT2D eigenvalue weighted by atomic mass is 16.5. The number of hydrogen-bond donors (Lipinski definition) is 2. The predicted molar refractivity (Wildman–Crippen MR) is 82.8 cm³/mol. The number of carbonyl (C=O) groups is 2. The first-order chi connectivity index (χ1) is 11.6. The Bertz CT molecular complexity index is 898. The van der Waals surface area contributed by atoms with Gasteiger partial charge in [0.25, 0.3) is 11.8 Å². The highest BCUT2D eigenvalue weighted by Gasteiger charge is 2.15. The summed E-state index contributed by atoms with van der Waals surface area (Å²) in [6.45, 7) is 1.50. The number of amides is 1. The van der Waals surface area contributed by atoms with Crippen molar-refractivity contribution in [2.75, 3.05) is 19.0 Å². The maximum absolute atomic E-state index is 11.9. The number of aromatic amines is 1. The lowest BCUT2D eigenvalue weighted by atomic mass is 10.2. The van der Waals surface area contributed by atoms with Gasteiger partial charge < -0.3 is 19.3 Å². The number of esters is 1. The van der Waals surface area contributed by atoms with Crippen LogP contribution < -0.4 is 10.1 Å². The van der Waals surface area contributed by atoms with E-state index in [2.05, 4.69) is 25.4 Å². The molecule has 0 bridgehead atoms. The van der Waals surface area contributed by atoms with Gasteiger partial charge in [0.15, 0.2) is 12.3 Å². The summed E-state index contributed by atoms with van der Waals surface area (Å²) in [7, 11) is 1.28. The fourth-order valence-corrected chi connectivity index (χ4v) is 2.09. The van der Waals surface area contributed by atoms with E-state index in [1.807, 2.05) is 0 Å². The first kappa shape index (κ1) is 15.5. The first-order valence-electron chi connectivity index (χ1n) is 6.99. The topological polar surface area (TPSA) is 119 Å². The molecule has 0 unspecified atom stereocenters. The minimum Gasteiger partial charge on any atom is -0.465 e. The minimum absolute atomic E-state index is 0.151. The Hall–Kier alpha value is -3.36. The summed E-state index contributed by atoms with van der Waals surface area (Å²) in [5.41, 5.74) is 1.31. The summed E-state index contributed by atoms with van der Waals surface area (Å²) in [6.07, 6.45) is 0. The number of aryl methyl sites for hydroxylation is 1. The van der Waals surface area contributed by atoms with Gasteiger partial charge in [-0.25, -0.2) is 4.79 Å². The molecule has 2 heterocycles. The van der Waals surface area contributed by atoms with Crippen LogP contribution in [0.2, 0.25) is 0 Å². The number of rotatable bonds is 5. The van der Waals surface area contributed by atoms with Crippen LogP contribution in [0.5, 0.6) is 5.88 Å². The summed E-state index contributed by atoms with van der Waals surface area (Å²) in [6, 6.07) is 6.59. The molecule has 0 spiro atoms. The van der Waals surface area contributed by atoms with Gasteiger partial charge in [0, 0.05) is 17.1 Å². The van der Waals surface area contributed by atoms with Gasteiger partial charge >= 0.3 is 5.97 Å². The molecule has 3 aromatic rings. The van der Waals surface area contributed by atoms with Gasteiger partial charge in [-0.1, -0.05) is 0 Å². The lowest BCUT2D eigenvalue weighted by molar-refractivity contribution is -0.118. The van der Waals surface area contributed by atoms with Crippen molar-refractivity contribution in [2.45, 2.75) is 6.92 Å². The van der Waals surface area contributed by atoms with Gasteiger partial charge in [-0.15, -0.1) is 0 Å². The highest BCUT2D eigenvalue weighted by Crippen LogP contribution is 2.21. The summed E-state index contributed by atoms with van der Waals surface area (Å²) < 4.78 is 14.7. The zero-order chi connectivity index (χ0) is 17.1. The molecular formula is C15H14N4O5. The lowest BCUT2D eigenvalue weighted by Crippen LogP contribution is -2.20. The summed E-state index contributed by atoms with van der Waals surface area (Å²) in [5, 5.41) is 13.5. The highest BCUT2D eigenvalue weighted by molar-refractivity contribution is 6.03. The van der Waals surface area contributed by atoms with Crippen molar-refractivity contribution in [1.82, 2.24) is 15.4 Å². The second kappa shape index (κ2) is 6.41. The van der Waals surface area contributed by atoms with Crippen LogP contribution >= 0.6 is 0 Å². The van der Waals surface area contributed by atoms with E-state index in [0.29, 0.717) is 22.4 Å². The molecule has 0 saturated carbocycles. The lowest BCUT2D eigenvalue weighted by Gasteiger charge is -2.05. The van der Waals surface area contributed by atoms with Crippen molar-refractivity contribution in [3.8, 4) is 5.88 Å². The number of nitrogens with one attached hydrogen (secondary N) is 2. The molecule has 0 fully saturated rings. The standard InChI is InChI=1S/C15H14N4O5/c1-8-5-13(19-24-8)23-7-12(20)16-9-3-4-11-10(6-9)14(18-17-11)15(21)22-2/h3-6H,7H2,1-2H3,(H,16,20)(H,17,18). The number of methoxy groups -OCH3 is 1. The van der Waals surface area contributed by atoms with Crippen molar-refractivity contribution in [3.05, 3.63) is 35.7 Å². The van der Waals surface area contributed by atoms with Gasteiger partial charge in [-0.3, -0.25) is 9.89 Å². The second-order valence-corrected chi connectivity index (χ2v) is 4.94. The molecule has 9 nitrogen and oxygen atoms in total. The molecular weight excluding hydrogens is 316 g/mol. The molecule has 1 aromatic carbocycles. The van der Waals surface area contributed by atoms with Crippen LogP contribution in [0.15, 0.2) is 28.8 Å². The number of fused-ring (bicyclic) bond motifs is 1. The average molecular weight is 330 g/mol. The van der Waals surface area contributed by atoms with Gasteiger partial charge in [-0.2, -0.15) is 5.10 Å². The van der Waals surface area contributed by atoms with Gasteiger partial charge in [-0.05, 0) is 30.3 Å². The third-order valence-electron chi connectivity index (χ3n) is 3.18. The van der Waals surface area contributed by atoms with E-state index in [4.69, 9.17) is 9.26 Å². The third-order valence-corrected chi connectivity index (χ3v) is 3.18. The normalized spacial score (nSPS) is 10.6. The van der Waals surface area contributed by atoms with Gasteiger partial charge in [0.05, 0.1) is 12.6 Å². The molecule has 2 N–H and O–H groups in total. The molecule has 9 heteroatoms. The van der Waals surface area contributed by atoms with Crippen molar-refractivity contribution in [2.24, 2.45) is 0 Å². The molecule has 0 radical (unpaired) electrons. The predicted octanol–water partition coefficient (Wildman–Crippen LogP) is 1.66. The third kappa shape index (κ3) is 3.19. The molecule has 0 aliphatic heterocycles. The van der Waals surface area contributed by atoms with Gasteiger partial charge in [0.2, 0.25) is 0 Å². The van der Waals surface area contributed by atoms with Crippen molar-refractivity contribution in [3.63, 3.8) is 0 Å². The fraction of sp³-hybridized carbons (Fsp3) is 0.200. The Balaban J connectivity index is 1.70. The van der Waals surface area contributed by atoms with Crippen LogP contribution in [0.1, 0.15) is 16.2 Å². The van der Waals surface area contributed by atoms with Crippen LogP contribution in [-0.4, -0.2) is 40.9 Å². The second-order valence-electron chi connectivity index (χ2n) is 4.94. The van der Waals surface area contributed by atoms with Crippen LogP contribution in [0.4, 0.5) is 5.69 Å². The monoisotopic (exact) mass is 330 g/mol. The summed E-state index contributed by atoms with van der Waals surface area (Å²) in [5.74, 6) is -0.111. The number of nitrogens with zero attached hydrogens (tertiary/aromatic N) is 2. The molecule has 0 aliphatic carbocycles. The van der Waals surface area contributed by atoms with Crippen molar-refractivity contribution >= 4 is 28.5 Å². The van der Waals surface area contributed by atoms with E-state index < -0.39 is 5.97 Å². The summed E-state index contributed by atoms with van der Waals surface area (Å²) >= 11 is 0. The zero-order valence-corrected chi connectivity index (χ0v) is 13.0. The maximum Gasteiger partial charge on any atom is 0.359 e. The minimum atomic E-state index is -0.561. The van der Waals surface area contributed by atoms with Crippen molar-refractivity contribution < 1.29 is 23.6 Å². The van der Waals surface area contributed by atoms with E-state index >= 15 is 0 Å². The summed E-state index contributed by atoms with van der Waals surface area (Å²) in [4.78, 5) is 23.6.